The van der Waals surface area contributed by atoms with Crippen molar-refractivity contribution in [3.63, 3.8) is 0 Å². The molecule has 12 heavy (non-hydrogen) atoms. The number of hydrazine groups is 1. The summed E-state index contributed by atoms with van der Waals surface area (Å²) in [5.41, 5.74) is 2.18. The Morgan fingerprint density at radius 3 is 2.83 bits per heavy atom. The lowest BCUT2D eigenvalue weighted by Crippen LogP contribution is -2.47. The van der Waals surface area contributed by atoms with Gasteiger partial charge in [-0.15, -0.1) is 0 Å². The summed E-state index contributed by atoms with van der Waals surface area (Å²) in [5, 5.41) is 3.18. The minimum Gasteiger partial charge on any atom is -0.306 e. The van der Waals surface area contributed by atoms with Gasteiger partial charge in [-0.25, -0.2) is 5.84 Å². The fourth-order valence-electron chi connectivity index (χ4n) is 1.53. The molecule has 1 aliphatic rings. The van der Waals surface area contributed by atoms with Crippen molar-refractivity contribution in [3.8, 4) is 0 Å². The average molecular weight is 171 g/mol. The molecule has 0 aromatic heterocycles. The molecular weight excluding hydrogens is 154 g/mol. The van der Waals surface area contributed by atoms with Crippen LogP contribution in [0, 0.1) is 0 Å². The molecule has 0 radical (unpaired) electrons. The molecule has 1 unspecified atom stereocenters. The molecule has 0 spiro atoms. The molecule has 4 N–H and O–H groups in total. The average Bonchev–Trinajstić information content (AvgIpc) is 2.02. The van der Waals surface area contributed by atoms with E-state index in [0.29, 0.717) is 0 Å². The predicted octanol–water partition coefficient (Wildman–Crippen LogP) is -0.101. The predicted molar refractivity (Wildman–Crippen MR) is 47.2 cm³/mol. The van der Waals surface area contributed by atoms with Crippen LogP contribution in [0.25, 0.3) is 0 Å². The maximum atomic E-state index is 11.1. The van der Waals surface area contributed by atoms with Crippen LogP contribution in [0.3, 0.4) is 0 Å². The van der Waals surface area contributed by atoms with Crippen LogP contribution >= 0.6 is 0 Å². The lowest BCUT2D eigenvalue weighted by molar-refractivity contribution is -0.123. The molecule has 0 bridgehead atoms. The highest BCUT2D eigenvalue weighted by Gasteiger charge is 2.16. The van der Waals surface area contributed by atoms with Crippen LogP contribution in [0.1, 0.15) is 32.1 Å². The van der Waals surface area contributed by atoms with Crippen LogP contribution in [-0.2, 0) is 4.79 Å². The number of carbonyl (C=O) groups excluding carboxylic acids is 1. The summed E-state index contributed by atoms with van der Waals surface area (Å²) in [6, 6.07) is -0.0738. The van der Waals surface area contributed by atoms with Crippen LogP contribution in [0.5, 0.6) is 0 Å². The fraction of sp³-hybridized carbons (Fsp3) is 0.875. The maximum Gasteiger partial charge on any atom is 0.250 e. The number of nitrogens with two attached hydrogens (primary N) is 1. The summed E-state index contributed by atoms with van der Waals surface area (Å²) < 4.78 is 0. The van der Waals surface area contributed by atoms with E-state index in [-0.39, 0.29) is 11.9 Å². The summed E-state index contributed by atoms with van der Waals surface area (Å²) in [6.45, 7) is 0.929. The van der Waals surface area contributed by atoms with E-state index < -0.39 is 0 Å². The highest BCUT2D eigenvalue weighted by Crippen LogP contribution is 2.09. The van der Waals surface area contributed by atoms with E-state index in [0.717, 1.165) is 25.8 Å². The van der Waals surface area contributed by atoms with E-state index in [1.54, 1.807) is 0 Å². The van der Waals surface area contributed by atoms with E-state index >= 15 is 0 Å². The monoisotopic (exact) mass is 171 g/mol. The smallest absolute Gasteiger partial charge is 0.250 e. The second-order valence-electron chi connectivity index (χ2n) is 3.22. The summed E-state index contributed by atoms with van der Waals surface area (Å²) in [6.07, 6.45) is 5.68. The third-order valence-corrected chi connectivity index (χ3v) is 2.27. The standard InChI is InChI=1S/C8H17N3O/c9-11-8(12)7-5-3-1-2-4-6-10-7/h7,10H,1-6,9H2,(H,11,12). The van der Waals surface area contributed by atoms with Gasteiger partial charge in [0, 0.05) is 0 Å². The maximum absolute atomic E-state index is 11.1. The molecule has 0 aromatic rings. The second-order valence-corrected chi connectivity index (χ2v) is 3.22. The first-order valence-corrected chi connectivity index (χ1v) is 4.58. The fourth-order valence-corrected chi connectivity index (χ4v) is 1.53. The first-order chi connectivity index (χ1) is 5.84. The Labute approximate surface area is 72.9 Å². The first-order valence-electron chi connectivity index (χ1n) is 4.58. The van der Waals surface area contributed by atoms with Gasteiger partial charge in [0.1, 0.15) is 0 Å². The van der Waals surface area contributed by atoms with Crippen molar-refractivity contribution in [3.05, 3.63) is 0 Å². The lowest BCUT2D eigenvalue weighted by atomic mass is 10.0. The van der Waals surface area contributed by atoms with Crippen molar-refractivity contribution in [2.45, 2.75) is 38.1 Å². The summed E-state index contributed by atoms with van der Waals surface area (Å²) in [5.74, 6) is 4.97. The molecule has 4 nitrogen and oxygen atoms in total. The van der Waals surface area contributed by atoms with Crippen LogP contribution in [0.15, 0.2) is 0 Å². The molecule has 0 saturated carbocycles. The van der Waals surface area contributed by atoms with Gasteiger partial charge in [-0.3, -0.25) is 10.2 Å². The largest absolute Gasteiger partial charge is 0.306 e. The number of nitrogens with one attached hydrogen (secondary N) is 2. The summed E-state index contributed by atoms with van der Waals surface area (Å²) in [7, 11) is 0. The summed E-state index contributed by atoms with van der Waals surface area (Å²) >= 11 is 0. The van der Waals surface area contributed by atoms with Crippen molar-refractivity contribution in [1.82, 2.24) is 10.7 Å². The number of hydrogen-bond donors (Lipinski definition) is 3. The van der Waals surface area contributed by atoms with E-state index in [9.17, 15) is 4.79 Å². The van der Waals surface area contributed by atoms with Gasteiger partial charge in [0.2, 0.25) is 0 Å². The van der Waals surface area contributed by atoms with Crippen LogP contribution in [0.2, 0.25) is 0 Å². The molecule has 0 aliphatic carbocycles. The van der Waals surface area contributed by atoms with Crippen molar-refractivity contribution < 1.29 is 4.79 Å². The Balaban J connectivity index is 2.34. The Morgan fingerprint density at radius 2 is 2.08 bits per heavy atom. The topological polar surface area (TPSA) is 67.1 Å². The molecule has 4 heteroatoms. The van der Waals surface area contributed by atoms with Crippen LogP contribution in [-0.4, -0.2) is 18.5 Å². The number of carbonyl (C=O) groups is 1. The third-order valence-electron chi connectivity index (χ3n) is 2.27. The quantitative estimate of drug-likeness (QED) is 0.293. The Bertz CT molecular complexity index is 141. The van der Waals surface area contributed by atoms with Crippen LogP contribution < -0.4 is 16.6 Å². The van der Waals surface area contributed by atoms with Gasteiger partial charge in [0.15, 0.2) is 0 Å². The van der Waals surface area contributed by atoms with E-state index in [2.05, 4.69) is 10.7 Å². The molecule has 0 aromatic carbocycles. The number of rotatable bonds is 1. The minimum absolute atomic E-state index is 0.0738. The van der Waals surface area contributed by atoms with Gasteiger partial charge < -0.3 is 5.32 Å². The van der Waals surface area contributed by atoms with Gasteiger partial charge in [0.05, 0.1) is 6.04 Å². The first kappa shape index (κ1) is 9.48. The van der Waals surface area contributed by atoms with Crippen molar-refractivity contribution in [2.24, 2.45) is 5.84 Å². The molecule has 70 valence electrons. The molecular formula is C8H17N3O. The van der Waals surface area contributed by atoms with E-state index in [4.69, 9.17) is 5.84 Å². The van der Waals surface area contributed by atoms with E-state index in [1.165, 1.54) is 12.8 Å². The Morgan fingerprint density at radius 1 is 1.33 bits per heavy atom. The molecule has 1 heterocycles. The van der Waals surface area contributed by atoms with Crippen molar-refractivity contribution in [1.29, 1.82) is 0 Å². The highest BCUT2D eigenvalue weighted by atomic mass is 16.2. The lowest BCUT2D eigenvalue weighted by Gasteiger charge is -2.19. The van der Waals surface area contributed by atoms with Crippen LogP contribution in [0.4, 0.5) is 0 Å². The van der Waals surface area contributed by atoms with E-state index in [1.807, 2.05) is 0 Å². The second kappa shape index (κ2) is 5.11. The zero-order valence-electron chi connectivity index (χ0n) is 7.31. The number of amides is 1. The zero-order chi connectivity index (χ0) is 8.81. The van der Waals surface area contributed by atoms with Gasteiger partial charge in [-0.1, -0.05) is 19.3 Å². The Hall–Kier alpha value is -0.610. The SMILES string of the molecule is NNC(=O)C1CCCCCCN1. The molecule has 1 amide bonds. The zero-order valence-corrected chi connectivity index (χ0v) is 7.31. The van der Waals surface area contributed by atoms with Gasteiger partial charge in [-0.05, 0) is 19.4 Å². The molecule has 1 fully saturated rings. The highest BCUT2D eigenvalue weighted by molar-refractivity contribution is 5.81. The van der Waals surface area contributed by atoms with Gasteiger partial charge in [-0.2, -0.15) is 0 Å². The Kier molecular flexibility index (Phi) is 4.04. The van der Waals surface area contributed by atoms with Gasteiger partial charge >= 0.3 is 0 Å². The molecule has 1 rings (SSSR count). The third kappa shape index (κ3) is 2.79. The van der Waals surface area contributed by atoms with Gasteiger partial charge in [0.25, 0.3) is 5.91 Å². The normalized spacial score (nSPS) is 25.6. The molecule has 1 atom stereocenters. The number of hydrogen-bond acceptors (Lipinski definition) is 3. The molecule has 1 saturated heterocycles. The van der Waals surface area contributed by atoms with Crippen molar-refractivity contribution >= 4 is 5.91 Å². The minimum atomic E-state index is -0.0862. The van der Waals surface area contributed by atoms with Crippen molar-refractivity contribution in [2.75, 3.05) is 6.54 Å². The molecule has 1 aliphatic heterocycles. The summed E-state index contributed by atoms with van der Waals surface area (Å²) in [4.78, 5) is 11.1.